The van der Waals surface area contributed by atoms with Crippen molar-refractivity contribution in [3.8, 4) is 5.75 Å². The number of para-hydroxylation sites is 1. The number of piperazine rings is 1. The van der Waals surface area contributed by atoms with Gasteiger partial charge in [-0.1, -0.05) is 23.7 Å². The summed E-state index contributed by atoms with van der Waals surface area (Å²) in [5.41, 5.74) is 1.62. The highest BCUT2D eigenvalue weighted by Crippen LogP contribution is 2.24. The number of rotatable bonds is 7. The van der Waals surface area contributed by atoms with Gasteiger partial charge < -0.3 is 19.7 Å². The molecule has 1 amide bonds. The van der Waals surface area contributed by atoms with E-state index in [9.17, 15) is 9.59 Å². The standard InChI is InChI=1S/C22H26ClN3O4/c1-29-17-9-7-16(8-10-17)25-11-13-26(14-12-25)20(15-21(27)30-2)22(28)24-19-6-4-3-5-18(19)23/h3-10,20H,11-15H2,1-2H3,(H,24,28)/t20-/m1/s1. The van der Waals surface area contributed by atoms with E-state index in [2.05, 4.69) is 10.2 Å². The summed E-state index contributed by atoms with van der Waals surface area (Å²) >= 11 is 6.16. The van der Waals surface area contributed by atoms with Gasteiger partial charge in [0, 0.05) is 31.9 Å². The van der Waals surface area contributed by atoms with Crippen LogP contribution in [0.25, 0.3) is 0 Å². The fourth-order valence-electron chi connectivity index (χ4n) is 3.49. The number of anilines is 2. The molecular formula is C22H26ClN3O4. The quantitative estimate of drug-likeness (QED) is 0.679. The molecule has 1 aliphatic rings. The van der Waals surface area contributed by atoms with Crippen molar-refractivity contribution in [1.82, 2.24) is 4.90 Å². The number of nitrogens with zero attached hydrogens (tertiary/aromatic N) is 2. The molecule has 8 heteroatoms. The van der Waals surface area contributed by atoms with Gasteiger partial charge in [0.15, 0.2) is 0 Å². The zero-order valence-corrected chi connectivity index (χ0v) is 17.9. The Morgan fingerprint density at radius 2 is 1.70 bits per heavy atom. The highest BCUT2D eigenvalue weighted by molar-refractivity contribution is 6.33. The number of carbonyl (C=O) groups excluding carboxylic acids is 2. The monoisotopic (exact) mass is 431 g/mol. The van der Waals surface area contributed by atoms with Crippen LogP contribution in [-0.4, -0.2) is 63.2 Å². The predicted molar refractivity (Wildman–Crippen MR) is 117 cm³/mol. The van der Waals surface area contributed by atoms with Gasteiger partial charge in [-0.15, -0.1) is 0 Å². The van der Waals surface area contributed by atoms with Gasteiger partial charge in [-0.25, -0.2) is 0 Å². The number of esters is 1. The van der Waals surface area contributed by atoms with Crippen LogP contribution in [0, 0.1) is 0 Å². The molecule has 2 aromatic rings. The predicted octanol–water partition coefficient (Wildman–Crippen LogP) is 3.04. The van der Waals surface area contributed by atoms with Crippen molar-refractivity contribution in [2.24, 2.45) is 0 Å². The number of methoxy groups -OCH3 is 2. The van der Waals surface area contributed by atoms with Gasteiger partial charge in [0.25, 0.3) is 0 Å². The third-order valence-electron chi connectivity index (χ3n) is 5.21. The van der Waals surface area contributed by atoms with Crippen LogP contribution >= 0.6 is 11.6 Å². The van der Waals surface area contributed by atoms with Crippen LogP contribution in [0.4, 0.5) is 11.4 Å². The van der Waals surface area contributed by atoms with Crippen molar-refractivity contribution < 1.29 is 19.1 Å². The van der Waals surface area contributed by atoms with Crippen molar-refractivity contribution in [3.05, 3.63) is 53.6 Å². The van der Waals surface area contributed by atoms with Gasteiger partial charge >= 0.3 is 5.97 Å². The molecule has 0 aliphatic carbocycles. The molecule has 0 aromatic heterocycles. The molecule has 1 saturated heterocycles. The molecule has 1 N–H and O–H groups in total. The van der Waals surface area contributed by atoms with E-state index in [1.54, 1.807) is 31.4 Å². The van der Waals surface area contributed by atoms with E-state index >= 15 is 0 Å². The lowest BCUT2D eigenvalue weighted by Gasteiger charge is -2.39. The maximum Gasteiger partial charge on any atom is 0.307 e. The maximum atomic E-state index is 13.0. The second-order valence-electron chi connectivity index (χ2n) is 6.99. The maximum absolute atomic E-state index is 13.0. The minimum Gasteiger partial charge on any atom is -0.497 e. The van der Waals surface area contributed by atoms with E-state index in [4.69, 9.17) is 21.1 Å². The summed E-state index contributed by atoms with van der Waals surface area (Å²) < 4.78 is 10.0. The Balaban J connectivity index is 1.67. The van der Waals surface area contributed by atoms with Crippen molar-refractivity contribution in [3.63, 3.8) is 0 Å². The number of nitrogens with one attached hydrogen (secondary N) is 1. The SMILES string of the molecule is COC(=O)C[C@H](C(=O)Nc1ccccc1Cl)N1CCN(c2ccc(OC)cc2)CC1. The van der Waals surface area contributed by atoms with Crippen molar-refractivity contribution in [2.75, 3.05) is 50.6 Å². The van der Waals surface area contributed by atoms with Crippen LogP contribution in [0.1, 0.15) is 6.42 Å². The number of ether oxygens (including phenoxy) is 2. The highest BCUT2D eigenvalue weighted by atomic mass is 35.5. The van der Waals surface area contributed by atoms with Crippen LogP contribution < -0.4 is 15.0 Å². The molecule has 1 fully saturated rings. The number of carbonyl (C=O) groups is 2. The van der Waals surface area contributed by atoms with Crippen molar-refractivity contribution in [1.29, 1.82) is 0 Å². The molecule has 1 heterocycles. The Morgan fingerprint density at radius 1 is 1.03 bits per heavy atom. The molecule has 30 heavy (non-hydrogen) atoms. The smallest absolute Gasteiger partial charge is 0.307 e. The minimum atomic E-state index is -0.633. The fourth-order valence-corrected chi connectivity index (χ4v) is 3.68. The van der Waals surface area contributed by atoms with E-state index in [-0.39, 0.29) is 12.3 Å². The molecule has 3 rings (SSSR count). The topological polar surface area (TPSA) is 71.1 Å². The van der Waals surface area contributed by atoms with Crippen LogP contribution in [0.15, 0.2) is 48.5 Å². The Morgan fingerprint density at radius 3 is 2.30 bits per heavy atom. The average Bonchev–Trinajstić information content (AvgIpc) is 2.79. The summed E-state index contributed by atoms with van der Waals surface area (Å²) in [6.45, 7) is 2.76. The van der Waals surface area contributed by atoms with Crippen LogP contribution in [0.5, 0.6) is 5.75 Å². The van der Waals surface area contributed by atoms with E-state index in [0.29, 0.717) is 23.8 Å². The zero-order chi connectivity index (χ0) is 21.5. The normalized spacial score (nSPS) is 15.4. The minimum absolute atomic E-state index is 0.0185. The second-order valence-corrected chi connectivity index (χ2v) is 7.39. The molecule has 1 aliphatic heterocycles. The Labute approximate surface area is 181 Å². The number of benzene rings is 2. The van der Waals surface area contributed by atoms with E-state index in [1.807, 2.05) is 29.2 Å². The summed E-state index contributed by atoms with van der Waals surface area (Å²) in [7, 11) is 2.97. The van der Waals surface area contributed by atoms with Gasteiger partial charge in [0.05, 0.1) is 31.4 Å². The third kappa shape index (κ3) is 5.43. The average molecular weight is 432 g/mol. The lowest BCUT2D eigenvalue weighted by molar-refractivity contribution is -0.144. The molecule has 0 unspecified atom stereocenters. The third-order valence-corrected chi connectivity index (χ3v) is 5.54. The van der Waals surface area contributed by atoms with Crippen LogP contribution in [0.3, 0.4) is 0 Å². The van der Waals surface area contributed by atoms with E-state index in [1.165, 1.54) is 7.11 Å². The summed E-state index contributed by atoms with van der Waals surface area (Å²) in [5.74, 6) is 0.116. The van der Waals surface area contributed by atoms with Gasteiger partial charge in [0.2, 0.25) is 5.91 Å². The Hall–Kier alpha value is -2.77. The Kier molecular flexibility index (Phi) is 7.54. The van der Waals surface area contributed by atoms with Crippen LogP contribution in [0.2, 0.25) is 5.02 Å². The molecule has 0 radical (unpaired) electrons. The summed E-state index contributed by atoms with van der Waals surface area (Å²) in [5, 5.41) is 3.30. The Bertz CT molecular complexity index is 867. The second kappa shape index (κ2) is 10.3. The fraction of sp³-hybridized carbons (Fsp3) is 0.364. The summed E-state index contributed by atoms with van der Waals surface area (Å²) in [6, 6.07) is 14.3. The van der Waals surface area contributed by atoms with Crippen molar-refractivity contribution >= 4 is 34.9 Å². The molecule has 0 bridgehead atoms. The number of halogens is 1. The lowest BCUT2D eigenvalue weighted by Crippen LogP contribution is -2.54. The molecular weight excluding hydrogens is 406 g/mol. The summed E-state index contributed by atoms with van der Waals surface area (Å²) in [6.07, 6.45) is -0.0185. The van der Waals surface area contributed by atoms with Gasteiger partial charge in [-0.2, -0.15) is 0 Å². The number of hydrogen-bond acceptors (Lipinski definition) is 6. The van der Waals surface area contributed by atoms with Crippen LogP contribution in [-0.2, 0) is 14.3 Å². The van der Waals surface area contributed by atoms with Gasteiger partial charge in [-0.05, 0) is 36.4 Å². The summed E-state index contributed by atoms with van der Waals surface area (Å²) in [4.78, 5) is 29.2. The molecule has 2 aromatic carbocycles. The lowest BCUT2D eigenvalue weighted by atomic mass is 10.1. The zero-order valence-electron chi connectivity index (χ0n) is 17.1. The molecule has 7 nitrogen and oxygen atoms in total. The number of hydrogen-bond donors (Lipinski definition) is 1. The van der Waals surface area contributed by atoms with E-state index < -0.39 is 12.0 Å². The molecule has 1 atom stereocenters. The number of amides is 1. The first-order valence-corrected chi connectivity index (χ1v) is 10.1. The van der Waals surface area contributed by atoms with E-state index in [0.717, 1.165) is 24.5 Å². The molecule has 0 saturated carbocycles. The first kappa shape index (κ1) is 21.9. The van der Waals surface area contributed by atoms with Gasteiger partial charge in [-0.3, -0.25) is 14.5 Å². The highest BCUT2D eigenvalue weighted by Gasteiger charge is 2.31. The molecule has 0 spiro atoms. The molecule has 160 valence electrons. The first-order valence-electron chi connectivity index (χ1n) is 9.77. The van der Waals surface area contributed by atoms with Gasteiger partial charge in [0.1, 0.15) is 11.8 Å². The largest absolute Gasteiger partial charge is 0.497 e. The van der Waals surface area contributed by atoms with Crippen molar-refractivity contribution in [2.45, 2.75) is 12.5 Å². The first-order chi connectivity index (χ1) is 14.5.